The SMILES string of the molecule is Cc1oc(-c2ccccc2)cc1C(=O)NC(CCC(N)=O)C(=O)O. The smallest absolute Gasteiger partial charge is 0.326 e. The molecule has 7 heteroatoms. The summed E-state index contributed by atoms with van der Waals surface area (Å²) in [6.45, 7) is 1.63. The lowest BCUT2D eigenvalue weighted by atomic mass is 10.1. The van der Waals surface area contributed by atoms with E-state index in [2.05, 4.69) is 5.32 Å². The average Bonchev–Trinajstić information content (AvgIpc) is 2.93. The Kier molecular flexibility index (Phi) is 5.36. The van der Waals surface area contributed by atoms with Crippen LogP contribution in [-0.4, -0.2) is 28.9 Å². The molecule has 0 bridgehead atoms. The zero-order valence-electron chi connectivity index (χ0n) is 13.1. The standard InChI is InChI=1S/C17H18N2O5/c1-10-12(9-14(24-10)11-5-3-2-4-6-11)16(21)19-13(17(22)23)7-8-15(18)20/h2-6,9,13H,7-8H2,1H3,(H2,18,20)(H,19,21)(H,22,23). The second-order valence-corrected chi connectivity index (χ2v) is 5.32. The van der Waals surface area contributed by atoms with E-state index in [1.165, 1.54) is 0 Å². The molecule has 2 rings (SSSR count). The van der Waals surface area contributed by atoms with Crippen molar-refractivity contribution < 1.29 is 23.9 Å². The Morgan fingerprint density at radius 1 is 1.25 bits per heavy atom. The summed E-state index contributed by atoms with van der Waals surface area (Å²) in [5.74, 6) is -1.53. The number of aryl methyl sites for hydroxylation is 1. The van der Waals surface area contributed by atoms with E-state index in [9.17, 15) is 14.4 Å². The first-order chi connectivity index (χ1) is 11.4. The summed E-state index contributed by atoms with van der Waals surface area (Å²) in [5, 5.41) is 11.5. The summed E-state index contributed by atoms with van der Waals surface area (Å²) in [5.41, 5.74) is 6.07. The summed E-state index contributed by atoms with van der Waals surface area (Å²) < 4.78 is 5.58. The molecule has 0 radical (unpaired) electrons. The molecule has 0 aliphatic rings. The van der Waals surface area contributed by atoms with Gasteiger partial charge in [-0.2, -0.15) is 0 Å². The quantitative estimate of drug-likeness (QED) is 0.713. The highest BCUT2D eigenvalue weighted by Crippen LogP contribution is 2.25. The van der Waals surface area contributed by atoms with E-state index in [4.69, 9.17) is 15.3 Å². The zero-order chi connectivity index (χ0) is 17.7. The number of furan rings is 1. The molecule has 2 aromatic rings. The minimum atomic E-state index is -1.23. The van der Waals surface area contributed by atoms with Gasteiger partial charge in [0.05, 0.1) is 5.56 Å². The van der Waals surface area contributed by atoms with Crippen molar-refractivity contribution in [3.63, 3.8) is 0 Å². The Morgan fingerprint density at radius 2 is 1.92 bits per heavy atom. The highest BCUT2D eigenvalue weighted by molar-refractivity contribution is 5.98. The summed E-state index contributed by atoms with van der Waals surface area (Å²) in [6.07, 6.45) is -0.199. The van der Waals surface area contributed by atoms with Crippen molar-refractivity contribution in [3.05, 3.63) is 47.7 Å². The van der Waals surface area contributed by atoms with Crippen LogP contribution in [0.5, 0.6) is 0 Å². The lowest BCUT2D eigenvalue weighted by Gasteiger charge is -2.13. The third-order valence-electron chi connectivity index (χ3n) is 3.50. The van der Waals surface area contributed by atoms with Gasteiger partial charge in [0.1, 0.15) is 17.6 Å². The van der Waals surface area contributed by atoms with Crippen molar-refractivity contribution >= 4 is 17.8 Å². The first-order valence-electron chi connectivity index (χ1n) is 7.36. The van der Waals surface area contributed by atoms with E-state index in [0.717, 1.165) is 5.56 Å². The van der Waals surface area contributed by atoms with Gasteiger partial charge in [-0.15, -0.1) is 0 Å². The number of primary amides is 1. The summed E-state index contributed by atoms with van der Waals surface area (Å²) >= 11 is 0. The Morgan fingerprint density at radius 3 is 2.50 bits per heavy atom. The topological polar surface area (TPSA) is 123 Å². The molecule has 0 spiro atoms. The van der Waals surface area contributed by atoms with Crippen LogP contribution < -0.4 is 11.1 Å². The number of benzene rings is 1. The Balaban J connectivity index is 2.15. The lowest BCUT2D eigenvalue weighted by Crippen LogP contribution is -2.41. The molecule has 0 aliphatic carbocycles. The van der Waals surface area contributed by atoms with Gasteiger partial charge in [0.2, 0.25) is 5.91 Å². The van der Waals surface area contributed by atoms with Crippen molar-refractivity contribution in [2.75, 3.05) is 0 Å². The molecular weight excluding hydrogens is 312 g/mol. The monoisotopic (exact) mass is 330 g/mol. The van der Waals surface area contributed by atoms with E-state index < -0.39 is 23.8 Å². The molecule has 2 amide bonds. The first-order valence-corrected chi connectivity index (χ1v) is 7.36. The third-order valence-corrected chi connectivity index (χ3v) is 3.50. The van der Waals surface area contributed by atoms with Crippen LogP contribution in [0.1, 0.15) is 29.0 Å². The van der Waals surface area contributed by atoms with Gasteiger partial charge in [-0.3, -0.25) is 9.59 Å². The molecule has 1 unspecified atom stereocenters. The number of carboxylic acid groups (broad SMARTS) is 1. The fourth-order valence-corrected chi connectivity index (χ4v) is 2.23. The number of carbonyl (C=O) groups is 3. The van der Waals surface area contributed by atoms with Crippen LogP contribution in [0.25, 0.3) is 11.3 Å². The van der Waals surface area contributed by atoms with Crippen molar-refractivity contribution in [1.82, 2.24) is 5.32 Å². The van der Waals surface area contributed by atoms with Gasteiger partial charge in [-0.25, -0.2) is 4.79 Å². The number of hydrogen-bond donors (Lipinski definition) is 3. The maximum atomic E-state index is 12.3. The maximum Gasteiger partial charge on any atom is 0.326 e. The second-order valence-electron chi connectivity index (χ2n) is 5.32. The minimum absolute atomic E-state index is 0.0706. The van der Waals surface area contributed by atoms with Gasteiger partial charge in [-0.05, 0) is 19.4 Å². The van der Waals surface area contributed by atoms with Gasteiger partial charge in [0.25, 0.3) is 5.91 Å². The summed E-state index contributed by atoms with van der Waals surface area (Å²) in [4.78, 5) is 34.3. The fraction of sp³-hybridized carbons (Fsp3) is 0.235. The number of nitrogens with one attached hydrogen (secondary N) is 1. The molecule has 1 aromatic heterocycles. The minimum Gasteiger partial charge on any atom is -0.480 e. The van der Waals surface area contributed by atoms with Crippen LogP contribution in [0.3, 0.4) is 0 Å². The van der Waals surface area contributed by atoms with Crippen molar-refractivity contribution in [2.45, 2.75) is 25.8 Å². The van der Waals surface area contributed by atoms with E-state index in [0.29, 0.717) is 11.5 Å². The zero-order valence-corrected chi connectivity index (χ0v) is 13.1. The molecule has 1 aromatic carbocycles. The molecular formula is C17H18N2O5. The number of carboxylic acids is 1. The van der Waals surface area contributed by atoms with Crippen LogP contribution in [0.2, 0.25) is 0 Å². The molecule has 0 aliphatic heterocycles. The Bertz CT molecular complexity index is 752. The number of nitrogens with two attached hydrogens (primary N) is 1. The number of amides is 2. The summed E-state index contributed by atoms with van der Waals surface area (Å²) in [7, 11) is 0. The van der Waals surface area contributed by atoms with Crippen molar-refractivity contribution in [1.29, 1.82) is 0 Å². The Labute approximate surface area is 138 Å². The lowest BCUT2D eigenvalue weighted by molar-refractivity contribution is -0.139. The highest BCUT2D eigenvalue weighted by atomic mass is 16.4. The molecule has 126 valence electrons. The predicted molar refractivity (Wildman–Crippen MR) is 86.2 cm³/mol. The average molecular weight is 330 g/mol. The number of aliphatic carboxylic acids is 1. The van der Waals surface area contributed by atoms with Crippen LogP contribution in [0.15, 0.2) is 40.8 Å². The molecule has 1 heterocycles. The molecule has 24 heavy (non-hydrogen) atoms. The van der Waals surface area contributed by atoms with E-state index >= 15 is 0 Å². The van der Waals surface area contributed by atoms with Crippen LogP contribution in [0.4, 0.5) is 0 Å². The Hall–Kier alpha value is -3.09. The fourth-order valence-electron chi connectivity index (χ4n) is 2.23. The van der Waals surface area contributed by atoms with E-state index in [-0.39, 0.29) is 18.4 Å². The number of rotatable bonds is 7. The third kappa shape index (κ3) is 4.22. The maximum absolute atomic E-state index is 12.3. The van der Waals surface area contributed by atoms with Crippen LogP contribution in [-0.2, 0) is 9.59 Å². The van der Waals surface area contributed by atoms with E-state index in [1.807, 2.05) is 30.3 Å². The normalized spacial score (nSPS) is 11.7. The molecule has 4 N–H and O–H groups in total. The predicted octanol–water partition coefficient (Wildman–Crippen LogP) is 1.70. The molecule has 0 saturated carbocycles. The van der Waals surface area contributed by atoms with Gasteiger partial charge in [-0.1, -0.05) is 30.3 Å². The molecule has 0 saturated heterocycles. The highest BCUT2D eigenvalue weighted by Gasteiger charge is 2.23. The van der Waals surface area contributed by atoms with Crippen molar-refractivity contribution in [3.8, 4) is 11.3 Å². The van der Waals surface area contributed by atoms with Gasteiger partial charge in [0.15, 0.2) is 0 Å². The number of hydrogen-bond acceptors (Lipinski definition) is 4. The van der Waals surface area contributed by atoms with Gasteiger partial charge >= 0.3 is 5.97 Å². The van der Waals surface area contributed by atoms with Gasteiger partial charge < -0.3 is 20.6 Å². The van der Waals surface area contributed by atoms with Crippen molar-refractivity contribution in [2.24, 2.45) is 5.73 Å². The summed E-state index contributed by atoms with van der Waals surface area (Å²) in [6, 6.07) is 9.60. The number of carbonyl (C=O) groups excluding carboxylic acids is 2. The second kappa shape index (κ2) is 7.45. The van der Waals surface area contributed by atoms with E-state index in [1.54, 1.807) is 13.0 Å². The molecule has 1 atom stereocenters. The molecule has 7 nitrogen and oxygen atoms in total. The molecule has 0 fully saturated rings. The van der Waals surface area contributed by atoms with Gasteiger partial charge in [0, 0.05) is 12.0 Å². The first kappa shape index (κ1) is 17.3. The van der Waals surface area contributed by atoms with Crippen LogP contribution in [0, 0.1) is 6.92 Å². The largest absolute Gasteiger partial charge is 0.480 e. The van der Waals surface area contributed by atoms with Crippen LogP contribution >= 0.6 is 0 Å².